The van der Waals surface area contributed by atoms with E-state index in [0.29, 0.717) is 18.0 Å². The fraction of sp³-hybridized carbons (Fsp3) is 0.368. The first-order valence-electron chi connectivity index (χ1n) is 8.13. The van der Waals surface area contributed by atoms with Crippen molar-refractivity contribution in [1.29, 1.82) is 0 Å². The molecule has 0 fully saturated rings. The summed E-state index contributed by atoms with van der Waals surface area (Å²) in [5, 5.41) is 3.73. The van der Waals surface area contributed by atoms with E-state index >= 15 is 0 Å². The molecule has 0 saturated heterocycles. The first-order valence-corrected chi connectivity index (χ1v) is 8.51. The van der Waals surface area contributed by atoms with Crippen molar-refractivity contribution in [3.05, 3.63) is 64.9 Å². The van der Waals surface area contributed by atoms with E-state index in [9.17, 15) is 4.79 Å². The van der Waals surface area contributed by atoms with Gasteiger partial charge in [-0.25, -0.2) is 0 Å². The molecule has 128 valence electrons. The largest absolute Gasteiger partial charge is 0.356 e. The van der Waals surface area contributed by atoms with Crippen LogP contribution in [0.25, 0.3) is 0 Å². The molecule has 2 rings (SSSR count). The molecule has 24 heavy (non-hydrogen) atoms. The van der Waals surface area contributed by atoms with Crippen LogP contribution in [0.2, 0.25) is 5.02 Å². The molecule has 2 aromatic rings. The standard InChI is InChI=1S/C19H24ClN3O/c1-23(2)13-3-10-22-19(24)18(14-15-8-11-21-12-9-15)16-4-6-17(20)7-5-16/h4-9,11-12,18H,3,10,13-14H2,1-2H3,(H,22,24). The van der Waals surface area contributed by atoms with Crippen LogP contribution in [0, 0.1) is 0 Å². The highest BCUT2D eigenvalue weighted by molar-refractivity contribution is 6.30. The normalized spacial score (nSPS) is 12.2. The van der Waals surface area contributed by atoms with Crippen molar-refractivity contribution >= 4 is 17.5 Å². The molecule has 0 radical (unpaired) electrons. The van der Waals surface area contributed by atoms with Crippen LogP contribution in [0.4, 0.5) is 0 Å². The first-order chi connectivity index (χ1) is 11.6. The molecule has 5 heteroatoms. The number of nitrogens with one attached hydrogen (secondary N) is 1. The van der Waals surface area contributed by atoms with Crippen LogP contribution in [0.15, 0.2) is 48.8 Å². The minimum absolute atomic E-state index is 0.0490. The van der Waals surface area contributed by atoms with E-state index in [-0.39, 0.29) is 11.8 Å². The lowest BCUT2D eigenvalue weighted by Gasteiger charge is -2.18. The maximum atomic E-state index is 12.7. The number of rotatable bonds is 8. The average molecular weight is 346 g/mol. The van der Waals surface area contributed by atoms with Crippen molar-refractivity contribution in [1.82, 2.24) is 15.2 Å². The van der Waals surface area contributed by atoms with E-state index in [1.54, 1.807) is 12.4 Å². The highest BCUT2D eigenvalue weighted by Gasteiger charge is 2.20. The minimum Gasteiger partial charge on any atom is -0.356 e. The van der Waals surface area contributed by atoms with Gasteiger partial charge in [-0.05, 0) is 68.9 Å². The topological polar surface area (TPSA) is 45.2 Å². The Balaban J connectivity index is 2.07. The van der Waals surface area contributed by atoms with Gasteiger partial charge in [0.05, 0.1) is 5.92 Å². The lowest BCUT2D eigenvalue weighted by molar-refractivity contribution is -0.122. The fourth-order valence-electron chi connectivity index (χ4n) is 2.54. The van der Waals surface area contributed by atoms with Gasteiger partial charge >= 0.3 is 0 Å². The SMILES string of the molecule is CN(C)CCCNC(=O)C(Cc1ccncc1)c1ccc(Cl)cc1. The molecule has 1 unspecified atom stereocenters. The minimum atomic E-state index is -0.232. The number of amides is 1. The van der Waals surface area contributed by atoms with Gasteiger partial charge in [-0.2, -0.15) is 0 Å². The highest BCUT2D eigenvalue weighted by Crippen LogP contribution is 2.23. The van der Waals surface area contributed by atoms with Crippen molar-refractivity contribution in [3.63, 3.8) is 0 Å². The van der Waals surface area contributed by atoms with Crippen LogP contribution in [0.3, 0.4) is 0 Å². The number of carbonyl (C=O) groups is 1. The van der Waals surface area contributed by atoms with Crippen LogP contribution < -0.4 is 5.32 Å². The van der Waals surface area contributed by atoms with Crippen LogP contribution >= 0.6 is 11.6 Å². The molecule has 0 aliphatic heterocycles. The Morgan fingerprint density at radius 3 is 2.46 bits per heavy atom. The van der Waals surface area contributed by atoms with Crippen molar-refractivity contribution in [2.24, 2.45) is 0 Å². The molecule has 1 N–H and O–H groups in total. The molecule has 1 aromatic heterocycles. The molecule has 1 amide bonds. The monoisotopic (exact) mass is 345 g/mol. The molecule has 0 spiro atoms. The summed E-state index contributed by atoms with van der Waals surface area (Å²) in [5.74, 6) is -0.183. The zero-order valence-corrected chi connectivity index (χ0v) is 15.0. The second-order valence-electron chi connectivity index (χ2n) is 6.11. The molecule has 0 aliphatic rings. The predicted octanol–water partition coefficient (Wildman–Crippen LogP) is 3.13. The average Bonchev–Trinajstić information content (AvgIpc) is 2.58. The van der Waals surface area contributed by atoms with Gasteiger partial charge < -0.3 is 10.2 Å². The van der Waals surface area contributed by atoms with Gasteiger partial charge in [-0.3, -0.25) is 9.78 Å². The molecule has 1 heterocycles. The Morgan fingerprint density at radius 1 is 1.17 bits per heavy atom. The zero-order chi connectivity index (χ0) is 17.4. The summed E-state index contributed by atoms with van der Waals surface area (Å²) >= 11 is 5.97. The fourth-order valence-corrected chi connectivity index (χ4v) is 2.67. The van der Waals surface area contributed by atoms with E-state index in [4.69, 9.17) is 11.6 Å². The number of pyridine rings is 1. The third-order valence-corrected chi connectivity index (χ3v) is 4.11. The number of nitrogens with zero attached hydrogens (tertiary/aromatic N) is 2. The molecule has 0 bridgehead atoms. The second-order valence-corrected chi connectivity index (χ2v) is 6.55. The number of aromatic nitrogens is 1. The van der Waals surface area contributed by atoms with E-state index < -0.39 is 0 Å². The van der Waals surface area contributed by atoms with Crippen LogP contribution in [-0.2, 0) is 11.2 Å². The van der Waals surface area contributed by atoms with Crippen LogP contribution in [0.1, 0.15) is 23.5 Å². The highest BCUT2D eigenvalue weighted by atomic mass is 35.5. The molecular formula is C19H24ClN3O. The molecule has 0 saturated carbocycles. The van der Waals surface area contributed by atoms with Gasteiger partial charge in [0.2, 0.25) is 5.91 Å². The van der Waals surface area contributed by atoms with E-state index in [1.165, 1.54) is 0 Å². The quantitative estimate of drug-likeness (QED) is 0.748. The maximum Gasteiger partial charge on any atom is 0.227 e. The van der Waals surface area contributed by atoms with Gasteiger partial charge in [0.1, 0.15) is 0 Å². The number of halogens is 1. The van der Waals surface area contributed by atoms with E-state index in [0.717, 1.165) is 24.1 Å². The summed E-state index contributed by atoms with van der Waals surface area (Å²) in [5.41, 5.74) is 2.06. The van der Waals surface area contributed by atoms with Crippen molar-refractivity contribution in [2.75, 3.05) is 27.2 Å². The zero-order valence-electron chi connectivity index (χ0n) is 14.2. The number of hydrogen-bond acceptors (Lipinski definition) is 3. The van der Waals surface area contributed by atoms with Gasteiger partial charge in [-0.15, -0.1) is 0 Å². The van der Waals surface area contributed by atoms with Crippen LogP contribution in [0.5, 0.6) is 0 Å². The molecule has 1 aromatic carbocycles. The summed E-state index contributed by atoms with van der Waals surface area (Å²) in [4.78, 5) is 18.9. The molecule has 0 aliphatic carbocycles. The predicted molar refractivity (Wildman–Crippen MR) is 98.3 cm³/mol. The molecule has 4 nitrogen and oxygen atoms in total. The molecular weight excluding hydrogens is 322 g/mol. The van der Waals surface area contributed by atoms with E-state index in [2.05, 4.69) is 15.2 Å². The summed E-state index contributed by atoms with van der Waals surface area (Å²) in [6, 6.07) is 11.4. The Labute approximate surface area is 148 Å². The Bertz CT molecular complexity index is 629. The second kappa shape index (κ2) is 9.40. The first kappa shape index (κ1) is 18.4. The van der Waals surface area contributed by atoms with Gasteiger partial charge in [-0.1, -0.05) is 23.7 Å². The smallest absolute Gasteiger partial charge is 0.227 e. The maximum absolute atomic E-state index is 12.7. The summed E-state index contributed by atoms with van der Waals surface area (Å²) in [7, 11) is 4.06. The summed E-state index contributed by atoms with van der Waals surface area (Å²) in [6.45, 7) is 1.63. The number of carbonyl (C=O) groups excluding carboxylic acids is 1. The number of hydrogen-bond donors (Lipinski definition) is 1. The third kappa shape index (κ3) is 5.95. The van der Waals surface area contributed by atoms with Gasteiger partial charge in [0.25, 0.3) is 0 Å². The number of benzene rings is 1. The van der Waals surface area contributed by atoms with Crippen molar-refractivity contribution < 1.29 is 4.79 Å². The lowest BCUT2D eigenvalue weighted by Crippen LogP contribution is -2.32. The lowest BCUT2D eigenvalue weighted by atomic mass is 9.91. The Morgan fingerprint density at radius 2 is 1.83 bits per heavy atom. The van der Waals surface area contributed by atoms with Crippen molar-refractivity contribution in [2.45, 2.75) is 18.8 Å². The van der Waals surface area contributed by atoms with Crippen molar-refractivity contribution in [3.8, 4) is 0 Å². The Hall–Kier alpha value is -1.91. The van der Waals surface area contributed by atoms with Crippen LogP contribution in [-0.4, -0.2) is 43.0 Å². The van der Waals surface area contributed by atoms with Gasteiger partial charge in [0, 0.05) is 24.0 Å². The van der Waals surface area contributed by atoms with Gasteiger partial charge in [0.15, 0.2) is 0 Å². The summed E-state index contributed by atoms with van der Waals surface area (Å²) < 4.78 is 0. The summed E-state index contributed by atoms with van der Waals surface area (Å²) in [6.07, 6.45) is 5.08. The molecule has 1 atom stereocenters. The Kier molecular flexibility index (Phi) is 7.22. The third-order valence-electron chi connectivity index (χ3n) is 3.86. The van der Waals surface area contributed by atoms with E-state index in [1.807, 2.05) is 50.5 Å².